The Hall–Kier alpha value is -2.25. The zero-order chi connectivity index (χ0) is 18.5. The van der Waals surface area contributed by atoms with Crippen molar-refractivity contribution in [1.82, 2.24) is 25.4 Å². The van der Waals surface area contributed by atoms with E-state index in [9.17, 15) is 5.11 Å². The monoisotopic (exact) mass is 399 g/mol. The quantitative estimate of drug-likeness (QED) is 0.567. The van der Waals surface area contributed by atoms with E-state index in [1.807, 2.05) is 41.2 Å². The van der Waals surface area contributed by atoms with Gasteiger partial charge in [0.05, 0.1) is 18.3 Å². The Balaban J connectivity index is 0.00000225. The van der Waals surface area contributed by atoms with E-state index in [1.165, 1.54) is 5.56 Å². The molecule has 3 N–H and O–H groups in total. The zero-order valence-electron chi connectivity index (χ0n) is 15.7. The van der Waals surface area contributed by atoms with Gasteiger partial charge in [-0.1, -0.05) is 30.3 Å². The number of nitrogens with one attached hydrogen (secondary N) is 2. The molecular formula is C21H26ClN5O. The summed E-state index contributed by atoms with van der Waals surface area (Å²) in [4.78, 5) is 4.24. The summed E-state index contributed by atoms with van der Waals surface area (Å²) in [5.41, 5.74) is 4.33. The number of nitrogens with zero attached hydrogens (tertiary/aromatic N) is 3. The summed E-state index contributed by atoms with van der Waals surface area (Å²) in [6.07, 6.45) is 5.46. The predicted molar refractivity (Wildman–Crippen MR) is 112 cm³/mol. The van der Waals surface area contributed by atoms with Crippen LogP contribution < -0.4 is 10.6 Å². The third kappa shape index (κ3) is 4.97. The van der Waals surface area contributed by atoms with Gasteiger partial charge in [0.25, 0.3) is 0 Å². The van der Waals surface area contributed by atoms with Gasteiger partial charge < -0.3 is 15.7 Å². The average molecular weight is 400 g/mol. The van der Waals surface area contributed by atoms with E-state index < -0.39 is 0 Å². The number of aliphatic hydroxyl groups is 1. The molecule has 0 saturated carbocycles. The highest BCUT2D eigenvalue weighted by Gasteiger charge is 2.24. The first-order valence-electron chi connectivity index (χ1n) is 9.40. The van der Waals surface area contributed by atoms with E-state index >= 15 is 0 Å². The van der Waals surface area contributed by atoms with Crippen molar-refractivity contribution in [1.29, 1.82) is 0 Å². The normalized spacial score (nSPS) is 18.8. The zero-order valence-corrected chi connectivity index (χ0v) is 16.5. The highest BCUT2D eigenvalue weighted by Crippen LogP contribution is 2.22. The molecule has 6 nitrogen and oxygen atoms in total. The van der Waals surface area contributed by atoms with E-state index in [0.717, 1.165) is 36.5 Å². The summed E-state index contributed by atoms with van der Waals surface area (Å²) in [7, 11) is 0. The van der Waals surface area contributed by atoms with Gasteiger partial charge in [0.15, 0.2) is 0 Å². The first kappa shape index (κ1) is 20.5. The van der Waals surface area contributed by atoms with Crippen molar-refractivity contribution in [2.45, 2.75) is 19.2 Å². The molecule has 1 saturated heterocycles. The molecule has 3 aromatic rings. The number of β-amino-alcohol motifs (C(OH)–C–C–N with tert-alkyl or cyclic N) is 1. The van der Waals surface area contributed by atoms with Crippen molar-refractivity contribution in [3.63, 3.8) is 0 Å². The van der Waals surface area contributed by atoms with Crippen molar-refractivity contribution in [3.05, 3.63) is 72.2 Å². The Morgan fingerprint density at radius 2 is 2.00 bits per heavy atom. The van der Waals surface area contributed by atoms with E-state index in [1.54, 1.807) is 6.20 Å². The first-order chi connectivity index (χ1) is 13.3. The highest BCUT2D eigenvalue weighted by atomic mass is 35.5. The molecule has 0 radical (unpaired) electrons. The second-order valence-corrected chi connectivity index (χ2v) is 7.04. The van der Waals surface area contributed by atoms with Crippen LogP contribution >= 0.6 is 12.4 Å². The molecule has 4 rings (SSSR count). The number of aliphatic hydroxyl groups excluding tert-OH is 1. The molecule has 2 unspecified atom stereocenters. The van der Waals surface area contributed by atoms with E-state index in [2.05, 4.69) is 33.9 Å². The molecule has 7 heteroatoms. The van der Waals surface area contributed by atoms with Crippen LogP contribution in [0.15, 0.2) is 61.1 Å². The molecule has 2 aromatic heterocycles. The van der Waals surface area contributed by atoms with Crippen molar-refractivity contribution in [3.8, 4) is 11.3 Å². The summed E-state index contributed by atoms with van der Waals surface area (Å²) in [6, 6.07) is 14.3. The number of pyridine rings is 1. The highest BCUT2D eigenvalue weighted by molar-refractivity contribution is 5.85. The van der Waals surface area contributed by atoms with Crippen LogP contribution in [0.4, 0.5) is 0 Å². The van der Waals surface area contributed by atoms with Gasteiger partial charge in [0, 0.05) is 61.8 Å². The number of hydrogen-bond acceptors (Lipinski definition) is 5. The van der Waals surface area contributed by atoms with Gasteiger partial charge in [-0.15, -0.1) is 12.4 Å². The maximum atomic E-state index is 9.96. The molecular weight excluding hydrogens is 374 g/mol. The topological polar surface area (TPSA) is 75.0 Å². The van der Waals surface area contributed by atoms with Gasteiger partial charge in [0.1, 0.15) is 0 Å². The van der Waals surface area contributed by atoms with Gasteiger partial charge in [-0.2, -0.15) is 5.10 Å². The lowest BCUT2D eigenvalue weighted by Crippen LogP contribution is -2.30. The Bertz CT molecular complexity index is 856. The molecule has 148 valence electrons. The van der Waals surface area contributed by atoms with Gasteiger partial charge in [0.2, 0.25) is 0 Å². The number of hydrogen-bond donors (Lipinski definition) is 3. The van der Waals surface area contributed by atoms with Crippen LogP contribution in [0.1, 0.15) is 11.1 Å². The molecule has 0 aliphatic carbocycles. The van der Waals surface area contributed by atoms with Crippen LogP contribution in [0, 0.1) is 5.92 Å². The molecule has 1 aromatic carbocycles. The van der Waals surface area contributed by atoms with Crippen molar-refractivity contribution >= 4 is 12.4 Å². The van der Waals surface area contributed by atoms with Crippen LogP contribution in [-0.2, 0) is 13.1 Å². The van der Waals surface area contributed by atoms with Crippen molar-refractivity contribution in [2.75, 3.05) is 19.6 Å². The molecule has 1 aliphatic heterocycles. The third-order valence-electron chi connectivity index (χ3n) is 4.99. The van der Waals surface area contributed by atoms with Crippen molar-refractivity contribution < 1.29 is 5.11 Å². The van der Waals surface area contributed by atoms with E-state index in [-0.39, 0.29) is 24.4 Å². The van der Waals surface area contributed by atoms with Crippen LogP contribution in [0.3, 0.4) is 0 Å². The lowest BCUT2D eigenvalue weighted by atomic mass is 10.1. The minimum atomic E-state index is -0.268. The van der Waals surface area contributed by atoms with Gasteiger partial charge >= 0.3 is 0 Å². The second kappa shape index (κ2) is 9.80. The smallest absolute Gasteiger partial charge is 0.0983 e. The fourth-order valence-corrected chi connectivity index (χ4v) is 3.51. The first-order valence-corrected chi connectivity index (χ1v) is 9.40. The summed E-state index contributed by atoms with van der Waals surface area (Å²) >= 11 is 0. The molecule has 28 heavy (non-hydrogen) atoms. The Kier molecular flexibility index (Phi) is 7.17. The second-order valence-electron chi connectivity index (χ2n) is 7.04. The Labute approximate surface area is 171 Å². The maximum Gasteiger partial charge on any atom is 0.0983 e. The third-order valence-corrected chi connectivity index (χ3v) is 4.99. The fourth-order valence-electron chi connectivity index (χ4n) is 3.51. The van der Waals surface area contributed by atoms with Crippen LogP contribution in [-0.4, -0.2) is 45.6 Å². The predicted octanol–water partition coefficient (Wildman–Crippen LogP) is 2.09. The number of rotatable bonds is 7. The van der Waals surface area contributed by atoms with Crippen LogP contribution in [0.5, 0.6) is 0 Å². The molecule has 0 spiro atoms. The molecule has 0 bridgehead atoms. The van der Waals surface area contributed by atoms with Crippen molar-refractivity contribution in [2.24, 2.45) is 5.92 Å². The molecule has 1 fully saturated rings. The lowest BCUT2D eigenvalue weighted by Gasteiger charge is -2.14. The summed E-state index contributed by atoms with van der Waals surface area (Å²) in [5, 5.41) is 21.5. The summed E-state index contributed by atoms with van der Waals surface area (Å²) in [6.45, 7) is 3.77. The Morgan fingerprint density at radius 1 is 1.14 bits per heavy atom. The Morgan fingerprint density at radius 3 is 2.71 bits per heavy atom. The lowest BCUT2D eigenvalue weighted by molar-refractivity contribution is 0.146. The number of halogens is 1. The van der Waals surface area contributed by atoms with Gasteiger partial charge in [-0.3, -0.25) is 9.67 Å². The standard InChI is InChI=1S/C21H25N5O.ClH/c27-20-13-24-11-18(20)10-23-12-19-15-26(14-16-5-2-1-3-6-16)25-21(19)17-7-4-8-22-9-17;/h1-9,15,18,20,23-24,27H,10-14H2;1H. The number of aromatic nitrogens is 3. The maximum absolute atomic E-state index is 9.96. The van der Waals surface area contributed by atoms with Gasteiger partial charge in [-0.25, -0.2) is 0 Å². The number of benzene rings is 1. The molecule has 2 atom stereocenters. The van der Waals surface area contributed by atoms with Crippen LogP contribution in [0.25, 0.3) is 11.3 Å². The molecule has 3 heterocycles. The minimum absolute atomic E-state index is 0. The summed E-state index contributed by atoms with van der Waals surface area (Å²) < 4.78 is 1.99. The molecule has 1 aliphatic rings. The minimum Gasteiger partial charge on any atom is -0.391 e. The van der Waals surface area contributed by atoms with Gasteiger partial charge in [-0.05, 0) is 17.7 Å². The average Bonchev–Trinajstić information content (AvgIpc) is 3.30. The largest absolute Gasteiger partial charge is 0.391 e. The van der Waals surface area contributed by atoms with E-state index in [4.69, 9.17) is 5.10 Å². The van der Waals surface area contributed by atoms with Crippen LogP contribution in [0.2, 0.25) is 0 Å². The van der Waals surface area contributed by atoms with E-state index in [0.29, 0.717) is 13.1 Å². The summed E-state index contributed by atoms with van der Waals surface area (Å²) in [5.74, 6) is 0.256. The SMILES string of the molecule is Cl.OC1CNCC1CNCc1cn(Cc2ccccc2)nc1-c1cccnc1. The fraction of sp³-hybridized carbons (Fsp3) is 0.333. The molecule has 0 amide bonds.